The first-order valence-corrected chi connectivity index (χ1v) is 7.68. The monoisotopic (exact) mass is 291 g/mol. The molecule has 2 aromatic rings. The van der Waals surface area contributed by atoms with Crippen LogP contribution >= 0.6 is 11.8 Å². The highest BCUT2D eigenvalue weighted by atomic mass is 32.2. The van der Waals surface area contributed by atoms with Gasteiger partial charge in [-0.3, -0.25) is 0 Å². The molecule has 4 heteroatoms. The molecule has 1 atom stereocenters. The highest BCUT2D eigenvalue weighted by molar-refractivity contribution is 7.98. The van der Waals surface area contributed by atoms with Gasteiger partial charge in [0.25, 0.3) is 0 Å². The van der Waals surface area contributed by atoms with E-state index in [4.69, 9.17) is 10.5 Å². The highest BCUT2D eigenvalue weighted by Crippen LogP contribution is 2.34. The van der Waals surface area contributed by atoms with Crippen LogP contribution in [-0.2, 0) is 6.42 Å². The van der Waals surface area contributed by atoms with E-state index in [-0.39, 0.29) is 17.6 Å². The second kappa shape index (κ2) is 6.77. The molecule has 0 aliphatic heterocycles. The number of rotatable bonds is 5. The second-order valence-corrected chi connectivity index (χ2v) is 5.51. The molecule has 0 saturated carbocycles. The van der Waals surface area contributed by atoms with Gasteiger partial charge in [0.2, 0.25) is 0 Å². The van der Waals surface area contributed by atoms with Crippen LogP contribution in [0.25, 0.3) is 0 Å². The van der Waals surface area contributed by atoms with Crippen molar-refractivity contribution >= 4 is 11.8 Å². The molecule has 106 valence electrons. The van der Waals surface area contributed by atoms with Gasteiger partial charge in [-0.05, 0) is 43.4 Å². The molecule has 2 N–H and O–H groups in total. The SMILES string of the molecule is CSc1ccccc1Oc1c(F)cccc1CC(C)N. The van der Waals surface area contributed by atoms with Crippen molar-refractivity contribution in [3.05, 3.63) is 53.8 Å². The summed E-state index contributed by atoms with van der Waals surface area (Å²) in [7, 11) is 0. The molecule has 0 amide bonds. The predicted molar refractivity (Wildman–Crippen MR) is 82.1 cm³/mol. The fraction of sp³-hybridized carbons (Fsp3) is 0.250. The zero-order valence-corrected chi connectivity index (χ0v) is 12.4. The Morgan fingerprint density at radius 2 is 1.95 bits per heavy atom. The lowest BCUT2D eigenvalue weighted by Crippen LogP contribution is -2.18. The van der Waals surface area contributed by atoms with Gasteiger partial charge < -0.3 is 10.5 Å². The molecule has 0 heterocycles. The summed E-state index contributed by atoms with van der Waals surface area (Å²) in [6.45, 7) is 1.89. The van der Waals surface area contributed by atoms with Gasteiger partial charge in [0.15, 0.2) is 11.6 Å². The van der Waals surface area contributed by atoms with Gasteiger partial charge in [-0.15, -0.1) is 11.8 Å². The van der Waals surface area contributed by atoms with E-state index < -0.39 is 0 Å². The summed E-state index contributed by atoms with van der Waals surface area (Å²) in [4.78, 5) is 0.975. The van der Waals surface area contributed by atoms with Crippen LogP contribution in [0.2, 0.25) is 0 Å². The standard InChI is InChI=1S/C16H18FNOS/c1-11(18)10-12-6-5-7-13(17)16(12)19-14-8-3-4-9-15(14)20-2/h3-9,11H,10,18H2,1-2H3. The molecule has 20 heavy (non-hydrogen) atoms. The second-order valence-electron chi connectivity index (χ2n) is 4.66. The summed E-state index contributed by atoms with van der Waals surface area (Å²) in [6, 6.07) is 12.5. The van der Waals surface area contributed by atoms with Crippen molar-refractivity contribution in [1.29, 1.82) is 0 Å². The maximum atomic E-state index is 14.0. The van der Waals surface area contributed by atoms with Crippen LogP contribution in [0.1, 0.15) is 12.5 Å². The zero-order valence-electron chi connectivity index (χ0n) is 11.6. The Labute approximate surface area is 123 Å². The first kappa shape index (κ1) is 14.9. The third-order valence-corrected chi connectivity index (χ3v) is 3.65. The third kappa shape index (κ3) is 3.52. The minimum absolute atomic E-state index is 0.0463. The molecule has 0 aliphatic carbocycles. The molecule has 0 saturated heterocycles. The fourth-order valence-electron chi connectivity index (χ4n) is 1.99. The Hall–Kier alpha value is -1.52. The van der Waals surface area contributed by atoms with Crippen LogP contribution < -0.4 is 10.5 Å². The maximum absolute atomic E-state index is 14.0. The van der Waals surface area contributed by atoms with Crippen molar-refractivity contribution in [3.63, 3.8) is 0 Å². The molecule has 0 aliphatic rings. The van der Waals surface area contributed by atoms with Gasteiger partial charge in [0.1, 0.15) is 5.75 Å². The summed E-state index contributed by atoms with van der Waals surface area (Å²) >= 11 is 1.57. The largest absolute Gasteiger partial charge is 0.453 e. The molecule has 0 aromatic heterocycles. The minimum Gasteiger partial charge on any atom is -0.453 e. The normalized spacial score (nSPS) is 12.2. The Morgan fingerprint density at radius 1 is 1.20 bits per heavy atom. The number of hydrogen-bond acceptors (Lipinski definition) is 3. The number of halogens is 1. The molecule has 2 rings (SSSR count). The number of hydrogen-bond donors (Lipinski definition) is 1. The van der Waals surface area contributed by atoms with Crippen LogP contribution in [-0.4, -0.2) is 12.3 Å². The van der Waals surface area contributed by atoms with Crippen LogP contribution in [0.15, 0.2) is 47.4 Å². The molecule has 0 radical (unpaired) electrons. The Morgan fingerprint density at radius 3 is 2.65 bits per heavy atom. The average molecular weight is 291 g/mol. The van der Waals surface area contributed by atoms with E-state index in [0.717, 1.165) is 10.5 Å². The van der Waals surface area contributed by atoms with Crippen molar-refractivity contribution in [3.8, 4) is 11.5 Å². The molecule has 0 bridgehead atoms. The molecule has 0 fully saturated rings. The summed E-state index contributed by atoms with van der Waals surface area (Å²) in [6.07, 6.45) is 2.54. The van der Waals surface area contributed by atoms with Crippen molar-refractivity contribution in [1.82, 2.24) is 0 Å². The molecule has 2 aromatic carbocycles. The van der Waals surface area contributed by atoms with Gasteiger partial charge >= 0.3 is 0 Å². The minimum atomic E-state index is -0.362. The van der Waals surface area contributed by atoms with E-state index in [9.17, 15) is 4.39 Å². The van der Waals surface area contributed by atoms with Gasteiger partial charge in [-0.2, -0.15) is 0 Å². The quantitative estimate of drug-likeness (QED) is 0.837. The molecule has 1 unspecified atom stereocenters. The van der Waals surface area contributed by atoms with Gasteiger partial charge in [0.05, 0.1) is 0 Å². The number of ether oxygens (including phenoxy) is 1. The first-order chi connectivity index (χ1) is 9.61. The first-order valence-electron chi connectivity index (χ1n) is 6.45. The van der Waals surface area contributed by atoms with E-state index in [1.54, 1.807) is 17.8 Å². The van der Waals surface area contributed by atoms with Crippen molar-refractivity contribution in [2.75, 3.05) is 6.26 Å². The van der Waals surface area contributed by atoms with E-state index >= 15 is 0 Å². The predicted octanol–water partition coefficient (Wildman–Crippen LogP) is 4.23. The smallest absolute Gasteiger partial charge is 0.166 e. The van der Waals surface area contributed by atoms with Crippen LogP contribution in [0.3, 0.4) is 0 Å². The summed E-state index contributed by atoms with van der Waals surface area (Å²) < 4.78 is 19.9. The van der Waals surface area contributed by atoms with Crippen LogP contribution in [0.5, 0.6) is 11.5 Å². The number of nitrogens with two attached hydrogens (primary N) is 1. The third-order valence-electron chi connectivity index (χ3n) is 2.87. The lowest BCUT2D eigenvalue weighted by atomic mass is 10.1. The Kier molecular flexibility index (Phi) is 5.04. The highest BCUT2D eigenvalue weighted by Gasteiger charge is 2.13. The maximum Gasteiger partial charge on any atom is 0.166 e. The number of thioether (sulfide) groups is 1. The number of benzene rings is 2. The van der Waals surface area contributed by atoms with Crippen molar-refractivity contribution in [2.45, 2.75) is 24.3 Å². The average Bonchev–Trinajstić information content (AvgIpc) is 2.42. The van der Waals surface area contributed by atoms with Gasteiger partial charge in [0, 0.05) is 10.9 Å². The summed E-state index contributed by atoms with van der Waals surface area (Å²) in [5.74, 6) is 0.571. The Balaban J connectivity index is 2.37. The number of para-hydroxylation sites is 2. The van der Waals surface area contributed by atoms with E-state index in [1.807, 2.05) is 43.5 Å². The van der Waals surface area contributed by atoms with Crippen LogP contribution in [0.4, 0.5) is 4.39 Å². The lowest BCUT2D eigenvalue weighted by molar-refractivity contribution is 0.426. The Bertz CT molecular complexity index is 586. The van der Waals surface area contributed by atoms with Gasteiger partial charge in [-0.25, -0.2) is 4.39 Å². The molecular weight excluding hydrogens is 273 g/mol. The van der Waals surface area contributed by atoms with E-state index in [0.29, 0.717) is 12.2 Å². The zero-order chi connectivity index (χ0) is 14.5. The fourth-order valence-corrected chi connectivity index (χ4v) is 2.51. The lowest BCUT2D eigenvalue weighted by Gasteiger charge is -2.15. The summed E-state index contributed by atoms with van der Waals surface area (Å²) in [5, 5.41) is 0. The van der Waals surface area contributed by atoms with E-state index in [1.165, 1.54) is 6.07 Å². The van der Waals surface area contributed by atoms with Crippen molar-refractivity contribution in [2.24, 2.45) is 5.73 Å². The van der Waals surface area contributed by atoms with Crippen molar-refractivity contribution < 1.29 is 9.13 Å². The van der Waals surface area contributed by atoms with E-state index in [2.05, 4.69) is 0 Å². The van der Waals surface area contributed by atoms with Gasteiger partial charge in [-0.1, -0.05) is 24.3 Å². The molecular formula is C16H18FNOS. The molecule has 2 nitrogen and oxygen atoms in total. The topological polar surface area (TPSA) is 35.2 Å². The summed E-state index contributed by atoms with van der Waals surface area (Å²) in [5.41, 5.74) is 6.60. The van der Waals surface area contributed by atoms with Crippen LogP contribution in [0, 0.1) is 5.82 Å². The molecule has 0 spiro atoms.